The lowest BCUT2D eigenvalue weighted by Gasteiger charge is -2.10. The Bertz CT molecular complexity index is 1340. The van der Waals surface area contributed by atoms with E-state index in [0.717, 1.165) is 6.20 Å². The highest BCUT2D eigenvalue weighted by Crippen LogP contribution is 2.34. The van der Waals surface area contributed by atoms with Crippen molar-refractivity contribution in [2.24, 2.45) is 0 Å². The van der Waals surface area contributed by atoms with Gasteiger partial charge in [-0.25, -0.2) is 23.9 Å². The number of carbonyl (C=O) groups is 2. The van der Waals surface area contributed by atoms with Crippen LogP contribution in [0, 0.1) is 5.82 Å². The fourth-order valence-corrected chi connectivity index (χ4v) is 3.04. The van der Waals surface area contributed by atoms with Gasteiger partial charge in [0.15, 0.2) is 0 Å². The summed E-state index contributed by atoms with van der Waals surface area (Å²) in [5.41, 5.74) is 1.47. The molecule has 0 aliphatic rings. The summed E-state index contributed by atoms with van der Waals surface area (Å²) < 4.78 is 31.4. The summed E-state index contributed by atoms with van der Waals surface area (Å²) in [5.74, 6) is -1.27. The number of amides is 2. The average molecular weight is 466 g/mol. The van der Waals surface area contributed by atoms with Crippen LogP contribution in [0.5, 0.6) is 0 Å². The van der Waals surface area contributed by atoms with Crippen molar-refractivity contribution in [1.29, 1.82) is 0 Å². The number of halogens is 2. The van der Waals surface area contributed by atoms with Gasteiger partial charge in [-0.2, -0.15) is 0 Å². The molecule has 0 atom stereocenters. The number of anilines is 1. The normalized spacial score (nSPS) is 10.6. The first-order chi connectivity index (χ1) is 16.5. The standard InChI is InChI=1S/C22H16F2N6O4/c1-2-26-22(32)28-18-8-16(20-30-29-19(33-20)12-3-5-15(23)6-4-12)17(11-27-18)13-7-14(10-25-9-13)21(31)34-24/h3-11H,2H2,1H3,(H2,26,27,28,32). The molecule has 4 rings (SSSR count). The van der Waals surface area contributed by atoms with Crippen LogP contribution in [0.2, 0.25) is 0 Å². The second-order valence-corrected chi connectivity index (χ2v) is 6.85. The van der Waals surface area contributed by atoms with Gasteiger partial charge < -0.3 is 9.73 Å². The first kappa shape index (κ1) is 22.5. The van der Waals surface area contributed by atoms with Gasteiger partial charge in [-0.05, 0) is 43.3 Å². The third-order valence-corrected chi connectivity index (χ3v) is 4.58. The predicted octanol–water partition coefficient (Wildman–Crippen LogP) is 4.18. The quantitative estimate of drug-likeness (QED) is 0.432. The molecule has 34 heavy (non-hydrogen) atoms. The lowest BCUT2D eigenvalue weighted by molar-refractivity contribution is -0.0788. The van der Waals surface area contributed by atoms with Gasteiger partial charge in [0, 0.05) is 46.4 Å². The van der Waals surface area contributed by atoms with Gasteiger partial charge in [-0.15, -0.1) is 10.2 Å². The van der Waals surface area contributed by atoms with Gasteiger partial charge in [-0.3, -0.25) is 10.3 Å². The lowest BCUT2D eigenvalue weighted by Crippen LogP contribution is -2.28. The number of urea groups is 1. The molecule has 172 valence electrons. The van der Waals surface area contributed by atoms with Gasteiger partial charge in [0.1, 0.15) is 11.6 Å². The molecular weight excluding hydrogens is 450 g/mol. The van der Waals surface area contributed by atoms with Crippen LogP contribution in [-0.2, 0) is 4.94 Å². The van der Waals surface area contributed by atoms with Gasteiger partial charge in [-0.1, -0.05) is 0 Å². The summed E-state index contributed by atoms with van der Waals surface area (Å²) >= 11 is 0. The van der Waals surface area contributed by atoms with E-state index in [9.17, 15) is 18.5 Å². The van der Waals surface area contributed by atoms with E-state index in [1.165, 1.54) is 48.8 Å². The molecule has 0 bridgehead atoms. The van der Waals surface area contributed by atoms with E-state index in [1.807, 2.05) is 0 Å². The molecule has 0 aliphatic carbocycles. The molecule has 4 aromatic rings. The highest BCUT2D eigenvalue weighted by molar-refractivity contribution is 5.92. The molecule has 3 heterocycles. The third-order valence-electron chi connectivity index (χ3n) is 4.58. The summed E-state index contributed by atoms with van der Waals surface area (Å²) in [6.07, 6.45) is 3.97. The number of aromatic nitrogens is 4. The second kappa shape index (κ2) is 9.81. The van der Waals surface area contributed by atoms with Crippen molar-refractivity contribution in [3.8, 4) is 34.0 Å². The van der Waals surface area contributed by atoms with Crippen LogP contribution < -0.4 is 10.6 Å². The smallest absolute Gasteiger partial charge is 0.381 e. The molecule has 2 amide bonds. The zero-order valence-electron chi connectivity index (χ0n) is 17.6. The number of carbonyl (C=O) groups excluding carboxylic acids is 2. The van der Waals surface area contributed by atoms with E-state index in [0.29, 0.717) is 28.8 Å². The van der Waals surface area contributed by atoms with Crippen molar-refractivity contribution in [3.05, 3.63) is 66.4 Å². The van der Waals surface area contributed by atoms with Gasteiger partial charge in [0.05, 0.1) is 11.1 Å². The van der Waals surface area contributed by atoms with Crippen LogP contribution in [0.15, 0.2) is 59.4 Å². The number of benzene rings is 1. The summed E-state index contributed by atoms with van der Waals surface area (Å²) in [7, 11) is 0. The molecule has 0 aliphatic heterocycles. The number of nitrogens with one attached hydrogen (secondary N) is 2. The van der Waals surface area contributed by atoms with Gasteiger partial charge >= 0.3 is 12.0 Å². The minimum atomic E-state index is -1.21. The van der Waals surface area contributed by atoms with Crippen LogP contribution in [0.4, 0.5) is 19.5 Å². The zero-order chi connectivity index (χ0) is 24.1. The maximum absolute atomic E-state index is 13.3. The third kappa shape index (κ3) is 4.85. The number of rotatable bonds is 6. The molecule has 0 saturated carbocycles. The average Bonchev–Trinajstić information content (AvgIpc) is 3.34. The minimum Gasteiger partial charge on any atom is -0.416 e. The SMILES string of the molecule is CCNC(=O)Nc1cc(-c2nnc(-c3ccc(F)cc3)o2)c(-c2cncc(C(=O)OF)c2)cn1. The fourth-order valence-electron chi connectivity index (χ4n) is 3.04. The first-order valence-corrected chi connectivity index (χ1v) is 9.91. The van der Waals surface area contributed by atoms with E-state index in [2.05, 4.69) is 35.7 Å². The first-order valence-electron chi connectivity index (χ1n) is 9.91. The van der Waals surface area contributed by atoms with Crippen LogP contribution in [0.25, 0.3) is 34.0 Å². The number of hydrogen-bond acceptors (Lipinski definition) is 8. The van der Waals surface area contributed by atoms with Crippen LogP contribution in [0.1, 0.15) is 17.3 Å². The van der Waals surface area contributed by atoms with Crippen molar-refractivity contribution < 1.29 is 27.9 Å². The Morgan fingerprint density at radius 2 is 1.76 bits per heavy atom. The Labute approximate surface area is 190 Å². The highest BCUT2D eigenvalue weighted by Gasteiger charge is 2.19. The maximum Gasteiger partial charge on any atom is 0.381 e. The second-order valence-electron chi connectivity index (χ2n) is 6.85. The lowest BCUT2D eigenvalue weighted by atomic mass is 10.0. The van der Waals surface area contributed by atoms with Crippen molar-refractivity contribution in [3.63, 3.8) is 0 Å². The van der Waals surface area contributed by atoms with Crippen molar-refractivity contribution in [2.45, 2.75) is 6.92 Å². The molecule has 2 N–H and O–H groups in total. The number of nitrogens with zero attached hydrogens (tertiary/aromatic N) is 4. The Kier molecular flexibility index (Phi) is 6.48. The Morgan fingerprint density at radius 3 is 2.50 bits per heavy atom. The van der Waals surface area contributed by atoms with Gasteiger partial charge in [0.2, 0.25) is 11.8 Å². The molecule has 3 aromatic heterocycles. The molecule has 0 unspecified atom stereocenters. The molecular formula is C22H16F2N6O4. The zero-order valence-corrected chi connectivity index (χ0v) is 17.6. The Hall–Kier alpha value is -4.74. The molecule has 10 nitrogen and oxygen atoms in total. The van der Waals surface area contributed by atoms with Crippen LogP contribution >= 0.6 is 0 Å². The molecule has 0 radical (unpaired) electrons. The number of hydrogen-bond donors (Lipinski definition) is 2. The summed E-state index contributed by atoms with van der Waals surface area (Å²) in [4.78, 5) is 35.0. The van der Waals surface area contributed by atoms with Crippen LogP contribution in [-0.4, -0.2) is 38.7 Å². The van der Waals surface area contributed by atoms with E-state index in [1.54, 1.807) is 6.92 Å². The topological polar surface area (TPSA) is 132 Å². The molecule has 0 saturated heterocycles. The van der Waals surface area contributed by atoms with E-state index in [-0.39, 0.29) is 23.2 Å². The fraction of sp³-hybridized carbons (Fsp3) is 0.0909. The largest absolute Gasteiger partial charge is 0.416 e. The van der Waals surface area contributed by atoms with Gasteiger partial charge in [0.25, 0.3) is 0 Å². The molecule has 1 aromatic carbocycles. The monoisotopic (exact) mass is 466 g/mol. The van der Waals surface area contributed by atoms with Crippen molar-refractivity contribution >= 4 is 17.8 Å². The number of pyridine rings is 2. The highest BCUT2D eigenvalue weighted by atomic mass is 19.3. The minimum absolute atomic E-state index is 0.0501. The Morgan fingerprint density at radius 1 is 1.00 bits per heavy atom. The maximum atomic E-state index is 13.3. The summed E-state index contributed by atoms with van der Waals surface area (Å²) in [5, 5.41) is 13.2. The summed E-state index contributed by atoms with van der Waals surface area (Å²) in [6.45, 7) is 2.17. The predicted molar refractivity (Wildman–Crippen MR) is 115 cm³/mol. The molecule has 0 spiro atoms. The van der Waals surface area contributed by atoms with Crippen molar-refractivity contribution in [1.82, 2.24) is 25.5 Å². The molecule has 12 heteroatoms. The van der Waals surface area contributed by atoms with E-state index >= 15 is 0 Å². The van der Waals surface area contributed by atoms with Crippen molar-refractivity contribution in [2.75, 3.05) is 11.9 Å². The molecule has 0 fully saturated rings. The van der Waals surface area contributed by atoms with E-state index < -0.39 is 17.8 Å². The Balaban J connectivity index is 1.79. The summed E-state index contributed by atoms with van der Waals surface area (Å²) in [6, 6.07) is 7.85. The van der Waals surface area contributed by atoms with Crippen LogP contribution in [0.3, 0.4) is 0 Å². The van der Waals surface area contributed by atoms with E-state index in [4.69, 9.17) is 4.42 Å².